The fourth-order valence-electron chi connectivity index (χ4n) is 2.62. The molecule has 0 spiro atoms. The molecule has 0 aromatic carbocycles. The summed E-state index contributed by atoms with van der Waals surface area (Å²) < 4.78 is 33.1. The van der Waals surface area contributed by atoms with E-state index in [1.54, 1.807) is 0 Å². The maximum absolute atomic E-state index is 12.5. The molecule has 0 aliphatic carbocycles. The highest BCUT2D eigenvalue weighted by atomic mass is 32.2. The minimum absolute atomic E-state index is 0.0672. The minimum Gasteiger partial charge on any atom is -0.481 e. The van der Waals surface area contributed by atoms with Crippen molar-refractivity contribution < 1.29 is 23.1 Å². The molecule has 19 heavy (non-hydrogen) atoms. The Bertz CT molecular complexity index is 442. The van der Waals surface area contributed by atoms with Gasteiger partial charge in [-0.25, -0.2) is 0 Å². The van der Waals surface area contributed by atoms with Gasteiger partial charge in [-0.3, -0.25) is 4.79 Å². The van der Waals surface area contributed by atoms with E-state index in [0.717, 1.165) is 0 Å². The van der Waals surface area contributed by atoms with Crippen LogP contribution < -0.4 is 0 Å². The van der Waals surface area contributed by atoms with E-state index in [2.05, 4.69) is 0 Å². The van der Waals surface area contributed by atoms with Crippen LogP contribution in [0, 0.1) is 5.92 Å². The summed E-state index contributed by atoms with van der Waals surface area (Å²) in [6.07, 6.45) is 0.0945. The molecule has 3 atom stereocenters. The van der Waals surface area contributed by atoms with Gasteiger partial charge in [-0.2, -0.15) is 17.0 Å². The van der Waals surface area contributed by atoms with E-state index < -0.39 is 22.1 Å². The van der Waals surface area contributed by atoms with E-state index in [0.29, 0.717) is 19.5 Å². The number of hydrogen-bond donors (Lipinski definition) is 1. The molecule has 0 amide bonds. The number of hydrogen-bond acceptors (Lipinski definition) is 4. The first-order chi connectivity index (χ1) is 8.80. The van der Waals surface area contributed by atoms with Gasteiger partial charge in [-0.1, -0.05) is 0 Å². The Morgan fingerprint density at radius 3 is 2.21 bits per heavy atom. The highest BCUT2D eigenvalue weighted by Crippen LogP contribution is 2.24. The zero-order valence-electron chi connectivity index (χ0n) is 11.2. The van der Waals surface area contributed by atoms with Crippen LogP contribution in [0.2, 0.25) is 0 Å². The lowest BCUT2D eigenvalue weighted by molar-refractivity contribution is -0.141. The molecule has 7 nitrogen and oxygen atoms in total. The van der Waals surface area contributed by atoms with E-state index in [-0.39, 0.29) is 25.3 Å². The first kappa shape index (κ1) is 14.7. The number of nitrogens with zero attached hydrogens (tertiary/aromatic N) is 2. The number of carbonyl (C=O) groups is 1. The number of aliphatic carboxylic acids is 1. The lowest BCUT2D eigenvalue weighted by atomic mass is 10.1. The van der Waals surface area contributed by atoms with Crippen LogP contribution in [-0.2, 0) is 19.7 Å². The molecule has 0 unspecified atom stereocenters. The Morgan fingerprint density at radius 1 is 1.16 bits per heavy atom. The third kappa shape index (κ3) is 3.07. The molecule has 0 aromatic heterocycles. The van der Waals surface area contributed by atoms with Gasteiger partial charge >= 0.3 is 5.97 Å². The Labute approximate surface area is 113 Å². The van der Waals surface area contributed by atoms with Gasteiger partial charge in [0.1, 0.15) is 0 Å². The molecule has 2 heterocycles. The van der Waals surface area contributed by atoms with Gasteiger partial charge in [-0.05, 0) is 20.3 Å². The zero-order valence-corrected chi connectivity index (χ0v) is 12.0. The van der Waals surface area contributed by atoms with Gasteiger partial charge in [0.05, 0.1) is 18.1 Å². The molecule has 2 aliphatic heterocycles. The van der Waals surface area contributed by atoms with Crippen LogP contribution in [0.25, 0.3) is 0 Å². The van der Waals surface area contributed by atoms with Crippen LogP contribution in [-0.4, -0.2) is 66.5 Å². The highest BCUT2D eigenvalue weighted by molar-refractivity contribution is 7.86. The molecular weight excluding hydrogens is 272 g/mol. The third-order valence-corrected chi connectivity index (χ3v) is 5.47. The molecular formula is C11H20N2O5S. The van der Waals surface area contributed by atoms with Crippen LogP contribution in [0.4, 0.5) is 0 Å². The number of carboxylic acids is 1. The Hall–Kier alpha value is -0.700. The van der Waals surface area contributed by atoms with Gasteiger partial charge < -0.3 is 9.84 Å². The molecule has 0 radical (unpaired) electrons. The smallest absolute Gasteiger partial charge is 0.307 e. The fourth-order valence-corrected chi connectivity index (χ4v) is 4.45. The Morgan fingerprint density at radius 2 is 1.74 bits per heavy atom. The van der Waals surface area contributed by atoms with E-state index in [4.69, 9.17) is 9.84 Å². The molecule has 0 aromatic rings. The van der Waals surface area contributed by atoms with E-state index in [1.165, 1.54) is 8.61 Å². The Balaban J connectivity index is 2.08. The van der Waals surface area contributed by atoms with Gasteiger partial charge in [-0.15, -0.1) is 0 Å². The second kappa shape index (κ2) is 5.35. The van der Waals surface area contributed by atoms with Crippen molar-refractivity contribution in [2.75, 3.05) is 26.2 Å². The van der Waals surface area contributed by atoms with Crippen molar-refractivity contribution in [3.8, 4) is 0 Å². The van der Waals surface area contributed by atoms with Crippen molar-refractivity contribution >= 4 is 16.2 Å². The van der Waals surface area contributed by atoms with Crippen LogP contribution >= 0.6 is 0 Å². The largest absolute Gasteiger partial charge is 0.481 e. The number of rotatable bonds is 3. The van der Waals surface area contributed by atoms with Crippen LogP contribution in [0.15, 0.2) is 0 Å². The quantitative estimate of drug-likeness (QED) is 0.775. The maximum atomic E-state index is 12.5. The molecule has 2 aliphatic rings. The average molecular weight is 292 g/mol. The predicted molar refractivity (Wildman–Crippen MR) is 67.8 cm³/mol. The summed E-state index contributed by atoms with van der Waals surface area (Å²) in [5.74, 6) is -1.52. The SMILES string of the molecule is C[C@@H]1CN(S(=O)(=O)N2CC[C@H](C(=O)O)C2)C[C@@H](C)O1. The minimum atomic E-state index is -3.57. The first-order valence-corrected chi connectivity index (χ1v) is 7.84. The number of ether oxygens (including phenoxy) is 1. The molecule has 8 heteroatoms. The summed E-state index contributed by atoms with van der Waals surface area (Å²) in [6, 6.07) is 0. The monoisotopic (exact) mass is 292 g/mol. The van der Waals surface area contributed by atoms with Gasteiger partial charge in [0.2, 0.25) is 0 Å². The van der Waals surface area contributed by atoms with Crippen molar-refractivity contribution in [2.24, 2.45) is 5.92 Å². The van der Waals surface area contributed by atoms with Crippen molar-refractivity contribution in [1.29, 1.82) is 0 Å². The van der Waals surface area contributed by atoms with E-state index >= 15 is 0 Å². The molecule has 2 saturated heterocycles. The van der Waals surface area contributed by atoms with Gasteiger partial charge in [0.25, 0.3) is 10.2 Å². The highest BCUT2D eigenvalue weighted by Gasteiger charge is 2.40. The van der Waals surface area contributed by atoms with Crippen LogP contribution in [0.3, 0.4) is 0 Å². The fraction of sp³-hybridized carbons (Fsp3) is 0.909. The van der Waals surface area contributed by atoms with Gasteiger partial charge in [0.15, 0.2) is 0 Å². The van der Waals surface area contributed by atoms with Crippen molar-refractivity contribution in [3.05, 3.63) is 0 Å². The predicted octanol–water partition coefficient (Wildman–Crippen LogP) is -0.253. The molecule has 110 valence electrons. The molecule has 0 bridgehead atoms. The lowest BCUT2D eigenvalue weighted by Crippen LogP contribution is -2.52. The Kier molecular flexibility index (Phi) is 4.14. The summed E-state index contributed by atoms with van der Waals surface area (Å²) in [5, 5.41) is 8.94. The van der Waals surface area contributed by atoms with E-state index in [1.807, 2.05) is 13.8 Å². The van der Waals surface area contributed by atoms with Gasteiger partial charge in [0, 0.05) is 26.2 Å². The average Bonchev–Trinajstić information content (AvgIpc) is 2.77. The molecule has 2 fully saturated rings. The third-order valence-electron chi connectivity index (χ3n) is 3.54. The standard InChI is InChI=1S/C11H20N2O5S/c1-8-5-13(6-9(2)18-8)19(16,17)12-4-3-10(7-12)11(14)15/h8-10H,3-7H2,1-2H3,(H,14,15)/t8-,9-,10+/m1/s1. The normalized spacial score (nSPS) is 34.5. The van der Waals surface area contributed by atoms with Crippen molar-refractivity contribution in [3.63, 3.8) is 0 Å². The molecule has 1 N–H and O–H groups in total. The first-order valence-electron chi connectivity index (χ1n) is 6.44. The maximum Gasteiger partial charge on any atom is 0.307 e. The topological polar surface area (TPSA) is 87.2 Å². The van der Waals surface area contributed by atoms with Crippen LogP contribution in [0.5, 0.6) is 0 Å². The van der Waals surface area contributed by atoms with Crippen LogP contribution in [0.1, 0.15) is 20.3 Å². The second-order valence-corrected chi connectivity index (χ2v) is 7.19. The van der Waals surface area contributed by atoms with Crippen molar-refractivity contribution in [1.82, 2.24) is 8.61 Å². The summed E-state index contributed by atoms with van der Waals surface area (Å²) >= 11 is 0. The molecule has 0 saturated carbocycles. The van der Waals surface area contributed by atoms with Crippen molar-refractivity contribution in [2.45, 2.75) is 32.5 Å². The summed E-state index contributed by atoms with van der Waals surface area (Å²) in [5.41, 5.74) is 0. The lowest BCUT2D eigenvalue weighted by Gasteiger charge is -2.36. The number of carboxylic acid groups (broad SMARTS) is 1. The summed E-state index contributed by atoms with van der Waals surface area (Å²) in [6.45, 7) is 4.66. The molecule has 2 rings (SSSR count). The zero-order chi connectivity index (χ0) is 14.2. The summed E-state index contributed by atoms with van der Waals surface area (Å²) in [7, 11) is -3.57. The second-order valence-electron chi connectivity index (χ2n) is 5.26. The summed E-state index contributed by atoms with van der Waals surface area (Å²) in [4.78, 5) is 10.9. The van der Waals surface area contributed by atoms with E-state index in [9.17, 15) is 13.2 Å². The number of morpholine rings is 1.